The van der Waals surface area contributed by atoms with E-state index in [-0.39, 0.29) is 23.4 Å². The van der Waals surface area contributed by atoms with Crippen molar-refractivity contribution in [3.63, 3.8) is 0 Å². The monoisotopic (exact) mass is 447 g/mol. The van der Waals surface area contributed by atoms with Crippen molar-refractivity contribution in [2.45, 2.75) is 58.4 Å². The molecule has 1 amide bonds. The number of para-hydroxylation sites is 1. The van der Waals surface area contributed by atoms with E-state index < -0.39 is 0 Å². The third kappa shape index (κ3) is 4.65. The van der Waals surface area contributed by atoms with Gasteiger partial charge in [-0.25, -0.2) is 4.98 Å². The van der Waals surface area contributed by atoms with E-state index in [2.05, 4.69) is 6.92 Å². The van der Waals surface area contributed by atoms with Crippen molar-refractivity contribution < 1.29 is 9.53 Å². The first-order valence-corrected chi connectivity index (χ1v) is 12.0. The summed E-state index contributed by atoms with van der Waals surface area (Å²) in [5.74, 6) is 1.57. The van der Waals surface area contributed by atoms with Crippen LogP contribution in [-0.2, 0) is 4.79 Å². The van der Waals surface area contributed by atoms with Crippen molar-refractivity contribution in [2.24, 2.45) is 5.92 Å². The molecule has 1 unspecified atom stereocenters. The van der Waals surface area contributed by atoms with E-state index in [1.54, 1.807) is 17.7 Å². The summed E-state index contributed by atoms with van der Waals surface area (Å²) in [7, 11) is 1.62. The first kappa shape index (κ1) is 23.0. The van der Waals surface area contributed by atoms with Gasteiger partial charge < -0.3 is 9.64 Å². The number of fused-ring (bicyclic) bond motifs is 1. The number of aromatic nitrogens is 2. The largest absolute Gasteiger partial charge is 0.497 e. The lowest BCUT2D eigenvalue weighted by molar-refractivity contribution is -0.137. The van der Waals surface area contributed by atoms with Gasteiger partial charge >= 0.3 is 0 Å². The number of ether oxygens (including phenoxy) is 1. The third-order valence-electron chi connectivity index (χ3n) is 6.71. The van der Waals surface area contributed by atoms with Crippen LogP contribution in [0.1, 0.15) is 64.2 Å². The molecule has 0 spiro atoms. The highest BCUT2D eigenvalue weighted by molar-refractivity contribution is 5.80. The first-order valence-electron chi connectivity index (χ1n) is 12.0. The van der Waals surface area contributed by atoms with E-state index in [0.717, 1.165) is 44.3 Å². The van der Waals surface area contributed by atoms with Crippen LogP contribution in [0, 0.1) is 5.92 Å². The fourth-order valence-electron chi connectivity index (χ4n) is 4.78. The molecule has 3 aromatic rings. The second-order valence-corrected chi connectivity index (χ2v) is 8.87. The quantitative estimate of drug-likeness (QED) is 0.472. The number of rotatable bonds is 8. The summed E-state index contributed by atoms with van der Waals surface area (Å²) in [6.07, 6.45) is 6.03. The van der Waals surface area contributed by atoms with Crippen LogP contribution in [-0.4, -0.2) is 34.0 Å². The maximum absolute atomic E-state index is 13.7. The molecular weight excluding hydrogens is 414 g/mol. The molecule has 6 heteroatoms. The SMILES string of the molecule is CCCCN(C(=O)C1CCCC1)C(C)c1nc2ccccc2c(=O)n1-c1ccc(OC)cc1. The molecule has 6 nitrogen and oxygen atoms in total. The van der Waals surface area contributed by atoms with Gasteiger partial charge in [-0.2, -0.15) is 0 Å². The van der Waals surface area contributed by atoms with Crippen LogP contribution in [0.4, 0.5) is 0 Å². The van der Waals surface area contributed by atoms with E-state index in [0.29, 0.717) is 29.0 Å². The Morgan fingerprint density at radius 2 is 1.85 bits per heavy atom. The molecule has 1 saturated carbocycles. The molecule has 174 valence electrons. The van der Waals surface area contributed by atoms with Gasteiger partial charge in [-0.3, -0.25) is 14.2 Å². The van der Waals surface area contributed by atoms with E-state index in [9.17, 15) is 9.59 Å². The predicted molar refractivity (Wildman–Crippen MR) is 131 cm³/mol. The smallest absolute Gasteiger partial charge is 0.266 e. The Hall–Kier alpha value is -3.15. The van der Waals surface area contributed by atoms with Gasteiger partial charge in [0.2, 0.25) is 5.91 Å². The third-order valence-corrected chi connectivity index (χ3v) is 6.71. The highest BCUT2D eigenvalue weighted by Crippen LogP contribution is 2.31. The molecule has 1 aliphatic carbocycles. The van der Waals surface area contributed by atoms with Crippen molar-refractivity contribution in [1.82, 2.24) is 14.5 Å². The maximum atomic E-state index is 13.7. The van der Waals surface area contributed by atoms with E-state index in [1.165, 1.54) is 0 Å². The van der Waals surface area contributed by atoms with Gasteiger partial charge in [0, 0.05) is 12.5 Å². The zero-order chi connectivity index (χ0) is 23.4. The van der Waals surface area contributed by atoms with Crippen LogP contribution in [0.25, 0.3) is 16.6 Å². The Morgan fingerprint density at radius 3 is 2.52 bits per heavy atom. The highest BCUT2D eigenvalue weighted by atomic mass is 16.5. The van der Waals surface area contributed by atoms with Crippen molar-refractivity contribution >= 4 is 16.8 Å². The highest BCUT2D eigenvalue weighted by Gasteiger charge is 2.32. The summed E-state index contributed by atoms with van der Waals surface area (Å²) >= 11 is 0. The maximum Gasteiger partial charge on any atom is 0.266 e. The number of hydrogen-bond donors (Lipinski definition) is 0. The average molecular weight is 448 g/mol. The van der Waals surface area contributed by atoms with Gasteiger partial charge in [0.15, 0.2) is 0 Å². The molecule has 0 radical (unpaired) electrons. The Balaban J connectivity index is 1.85. The Labute approximate surface area is 195 Å². The van der Waals surface area contributed by atoms with Gasteiger partial charge in [0.1, 0.15) is 11.6 Å². The van der Waals surface area contributed by atoms with Gasteiger partial charge in [-0.05, 0) is 62.6 Å². The molecule has 2 aromatic carbocycles. The minimum Gasteiger partial charge on any atom is -0.497 e. The molecule has 1 atom stereocenters. The summed E-state index contributed by atoms with van der Waals surface area (Å²) in [5.41, 5.74) is 1.24. The van der Waals surface area contributed by atoms with Crippen LogP contribution < -0.4 is 10.3 Å². The fourth-order valence-corrected chi connectivity index (χ4v) is 4.78. The average Bonchev–Trinajstić information content (AvgIpc) is 3.39. The molecule has 33 heavy (non-hydrogen) atoms. The number of nitrogens with zero attached hydrogens (tertiary/aromatic N) is 3. The Kier molecular flexibility index (Phi) is 7.11. The molecule has 1 aromatic heterocycles. The lowest BCUT2D eigenvalue weighted by Gasteiger charge is -2.32. The molecule has 0 bridgehead atoms. The van der Waals surface area contributed by atoms with Crippen LogP contribution in [0.3, 0.4) is 0 Å². The predicted octanol–water partition coefficient (Wildman–Crippen LogP) is 5.27. The van der Waals surface area contributed by atoms with Gasteiger partial charge in [-0.1, -0.05) is 38.3 Å². The number of methoxy groups -OCH3 is 1. The topological polar surface area (TPSA) is 64.4 Å². The number of carbonyl (C=O) groups excluding carboxylic acids is 1. The normalized spacial score (nSPS) is 15.0. The zero-order valence-electron chi connectivity index (χ0n) is 19.8. The lowest BCUT2D eigenvalue weighted by Crippen LogP contribution is -2.40. The molecule has 1 heterocycles. The van der Waals surface area contributed by atoms with Crippen LogP contribution in [0.15, 0.2) is 53.3 Å². The van der Waals surface area contributed by atoms with Crippen molar-refractivity contribution in [1.29, 1.82) is 0 Å². The van der Waals surface area contributed by atoms with Crippen LogP contribution in [0.2, 0.25) is 0 Å². The molecule has 0 aliphatic heterocycles. The van der Waals surface area contributed by atoms with Crippen molar-refractivity contribution in [3.8, 4) is 11.4 Å². The molecule has 0 saturated heterocycles. The second-order valence-electron chi connectivity index (χ2n) is 8.87. The van der Waals surface area contributed by atoms with Crippen LogP contribution in [0.5, 0.6) is 5.75 Å². The Morgan fingerprint density at radius 1 is 1.15 bits per heavy atom. The van der Waals surface area contributed by atoms with E-state index >= 15 is 0 Å². The summed E-state index contributed by atoms with van der Waals surface area (Å²) in [4.78, 5) is 34.1. The first-order chi connectivity index (χ1) is 16.0. The number of amides is 1. The molecule has 1 aliphatic rings. The number of carbonyl (C=O) groups is 1. The zero-order valence-corrected chi connectivity index (χ0v) is 19.8. The standard InChI is InChI=1S/C27H33N3O3/c1-4-5-18-29(26(31)20-10-6-7-11-20)19(2)25-28-24-13-9-8-12-23(24)27(32)30(25)21-14-16-22(33-3)17-15-21/h8-9,12-17,19-20H,4-7,10-11,18H2,1-3H3. The van der Waals surface area contributed by atoms with Crippen molar-refractivity contribution in [3.05, 3.63) is 64.7 Å². The Bertz CT molecular complexity index is 1160. The molecule has 0 N–H and O–H groups in total. The number of benzene rings is 2. The number of unbranched alkanes of at least 4 members (excludes halogenated alkanes) is 1. The van der Waals surface area contributed by atoms with Gasteiger partial charge in [0.25, 0.3) is 5.56 Å². The lowest BCUT2D eigenvalue weighted by atomic mass is 10.0. The summed E-state index contributed by atoms with van der Waals surface area (Å²) in [6.45, 7) is 4.79. The van der Waals surface area contributed by atoms with Crippen molar-refractivity contribution in [2.75, 3.05) is 13.7 Å². The van der Waals surface area contributed by atoms with Gasteiger partial charge in [0.05, 0.1) is 29.7 Å². The van der Waals surface area contributed by atoms with E-state index in [1.807, 2.05) is 54.3 Å². The molecular formula is C27H33N3O3. The summed E-state index contributed by atoms with van der Waals surface area (Å²) in [5, 5.41) is 0.562. The van der Waals surface area contributed by atoms with Crippen LogP contribution >= 0.6 is 0 Å². The minimum atomic E-state index is -0.330. The minimum absolute atomic E-state index is 0.0749. The number of hydrogen-bond acceptors (Lipinski definition) is 4. The summed E-state index contributed by atoms with van der Waals surface area (Å²) in [6, 6.07) is 14.5. The molecule has 1 fully saturated rings. The van der Waals surface area contributed by atoms with Gasteiger partial charge in [-0.15, -0.1) is 0 Å². The fraction of sp³-hybridized carbons (Fsp3) is 0.444. The summed E-state index contributed by atoms with van der Waals surface area (Å²) < 4.78 is 6.96. The molecule has 4 rings (SSSR count). The second kappa shape index (κ2) is 10.2. The van der Waals surface area contributed by atoms with E-state index in [4.69, 9.17) is 9.72 Å².